The van der Waals surface area contributed by atoms with E-state index in [-0.39, 0.29) is 24.4 Å². The molecule has 0 bridgehead atoms. The monoisotopic (exact) mass is 203 g/mol. The molecule has 3 heteroatoms. The highest BCUT2D eigenvalue weighted by Gasteiger charge is 2.25. The maximum absolute atomic E-state index is 9.18. The zero-order valence-electron chi connectivity index (χ0n) is 9.92. The van der Waals surface area contributed by atoms with Crippen molar-refractivity contribution >= 4 is 0 Å². The smallest absolute Gasteiger partial charge is 0.0963 e. The first kappa shape index (κ1) is 13.9. The van der Waals surface area contributed by atoms with E-state index in [1.165, 1.54) is 0 Å². The second kappa shape index (κ2) is 6.38. The molecule has 0 rings (SSSR count). The molecule has 14 heavy (non-hydrogen) atoms. The molecule has 0 aliphatic heterocycles. The molecule has 0 aliphatic carbocycles. The van der Waals surface area contributed by atoms with E-state index in [1.54, 1.807) is 0 Å². The maximum Gasteiger partial charge on any atom is 0.0963 e. The first-order valence-electron chi connectivity index (χ1n) is 5.51. The van der Waals surface area contributed by atoms with Gasteiger partial charge in [0.15, 0.2) is 0 Å². The number of hydrogen-bond donors (Lipinski definition) is 2. The molecule has 2 atom stereocenters. The van der Waals surface area contributed by atoms with E-state index in [1.807, 2.05) is 13.8 Å². The lowest BCUT2D eigenvalue weighted by atomic mass is 10.0. The van der Waals surface area contributed by atoms with Crippen molar-refractivity contribution in [3.8, 4) is 0 Å². The van der Waals surface area contributed by atoms with Crippen LogP contribution < -0.4 is 5.73 Å². The van der Waals surface area contributed by atoms with Gasteiger partial charge in [-0.15, -0.1) is 0 Å². The van der Waals surface area contributed by atoms with E-state index < -0.39 is 0 Å². The molecular weight excluding hydrogens is 178 g/mol. The van der Waals surface area contributed by atoms with Gasteiger partial charge in [0.25, 0.3) is 0 Å². The summed E-state index contributed by atoms with van der Waals surface area (Å²) in [6, 6.07) is -0.0594. The fraction of sp³-hybridized carbons (Fsp3) is 1.00. The van der Waals surface area contributed by atoms with Gasteiger partial charge in [0, 0.05) is 6.04 Å². The van der Waals surface area contributed by atoms with Crippen molar-refractivity contribution in [3.05, 3.63) is 0 Å². The highest BCUT2D eigenvalue weighted by atomic mass is 16.5. The van der Waals surface area contributed by atoms with Crippen LogP contribution in [-0.2, 0) is 4.74 Å². The lowest BCUT2D eigenvalue weighted by Crippen LogP contribution is -2.44. The minimum absolute atomic E-state index is 0.00456. The van der Waals surface area contributed by atoms with Crippen LogP contribution >= 0.6 is 0 Å². The topological polar surface area (TPSA) is 55.5 Å². The second-order valence-electron chi connectivity index (χ2n) is 4.40. The van der Waals surface area contributed by atoms with Gasteiger partial charge in [-0.2, -0.15) is 0 Å². The highest BCUT2D eigenvalue weighted by molar-refractivity contribution is 4.77. The Balaban J connectivity index is 4.14. The Morgan fingerprint density at radius 2 is 1.93 bits per heavy atom. The second-order valence-corrected chi connectivity index (χ2v) is 4.40. The molecule has 0 aliphatic rings. The van der Waals surface area contributed by atoms with Gasteiger partial charge in [-0.1, -0.05) is 20.3 Å². The van der Waals surface area contributed by atoms with E-state index in [9.17, 15) is 5.11 Å². The molecule has 2 unspecified atom stereocenters. The van der Waals surface area contributed by atoms with Gasteiger partial charge in [0.1, 0.15) is 0 Å². The standard InChI is InChI=1S/C11H25NO2/c1-5-7-9(12)10(8-13)14-11(3,4)6-2/h9-10,13H,5-8,12H2,1-4H3. The minimum Gasteiger partial charge on any atom is -0.394 e. The van der Waals surface area contributed by atoms with Crippen molar-refractivity contribution in [2.75, 3.05) is 6.61 Å². The Kier molecular flexibility index (Phi) is 6.33. The van der Waals surface area contributed by atoms with Crippen LogP contribution in [0.2, 0.25) is 0 Å². The molecule has 0 radical (unpaired) electrons. The molecule has 0 saturated carbocycles. The van der Waals surface area contributed by atoms with Gasteiger partial charge >= 0.3 is 0 Å². The van der Waals surface area contributed by atoms with Crippen LogP contribution in [0.4, 0.5) is 0 Å². The van der Waals surface area contributed by atoms with E-state index in [0.29, 0.717) is 0 Å². The Morgan fingerprint density at radius 3 is 2.29 bits per heavy atom. The SMILES string of the molecule is CCCC(N)C(CO)OC(C)(C)CC. The van der Waals surface area contributed by atoms with E-state index in [0.717, 1.165) is 19.3 Å². The van der Waals surface area contributed by atoms with Gasteiger partial charge in [-0.05, 0) is 26.7 Å². The highest BCUT2D eigenvalue weighted by Crippen LogP contribution is 2.18. The predicted molar refractivity (Wildman–Crippen MR) is 59.2 cm³/mol. The summed E-state index contributed by atoms with van der Waals surface area (Å²) in [6.45, 7) is 8.20. The Bertz CT molecular complexity index is 148. The predicted octanol–water partition coefficient (Wildman–Crippen LogP) is 1.68. The first-order valence-corrected chi connectivity index (χ1v) is 5.51. The summed E-state index contributed by atoms with van der Waals surface area (Å²) in [6.07, 6.45) is 2.60. The largest absolute Gasteiger partial charge is 0.394 e. The summed E-state index contributed by atoms with van der Waals surface area (Å²) in [5, 5.41) is 9.18. The summed E-state index contributed by atoms with van der Waals surface area (Å²) >= 11 is 0. The average molecular weight is 203 g/mol. The zero-order chi connectivity index (χ0) is 11.2. The number of aliphatic hydroxyl groups is 1. The van der Waals surface area contributed by atoms with Gasteiger partial charge in [0.05, 0.1) is 18.3 Å². The third-order valence-corrected chi connectivity index (χ3v) is 2.60. The van der Waals surface area contributed by atoms with Crippen molar-refractivity contribution < 1.29 is 9.84 Å². The summed E-state index contributed by atoms with van der Waals surface area (Å²) in [5.74, 6) is 0. The summed E-state index contributed by atoms with van der Waals surface area (Å²) in [4.78, 5) is 0. The molecule has 3 nitrogen and oxygen atoms in total. The van der Waals surface area contributed by atoms with Crippen LogP contribution in [0.3, 0.4) is 0 Å². The number of hydrogen-bond acceptors (Lipinski definition) is 3. The van der Waals surface area contributed by atoms with Crippen LogP contribution in [0.25, 0.3) is 0 Å². The van der Waals surface area contributed by atoms with Crippen molar-refractivity contribution in [1.82, 2.24) is 0 Å². The molecule has 0 amide bonds. The fourth-order valence-electron chi connectivity index (χ4n) is 1.27. The number of nitrogens with two attached hydrogens (primary N) is 1. The van der Waals surface area contributed by atoms with E-state index in [2.05, 4.69) is 13.8 Å². The molecule has 0 aromatic carbocycles. The number of rotatable bonds is 7. The lowest BCUT2D eigenvalue weighted by Gasteiger charge is -2.32. The van der Waals surface area contributed by atoms with Crippen molar-refractivity contribution in [2.24, 2.45) is 5.73 Å². The average Bonchev–Trinajstić information content (AvgIpc) is 2.14. The van der Waals surface area contributed by atoms with Crippen molar-refractivity contribution in [2.45, 2.75) is 64.7 Å². The fourth-order valence-corrected chi connectivity index (χ4v) is 1.27. The lowest BCUT2D eigenvalue weighted by molar-refractivity contribution is -0.102. The molecule has 0 spiro atoms. The molecular formula is C11H25NO2. The van der Waals surface area contributed by atoms with Crippen molar-refractivity contribution in [1.29, 1.82) is 0 Å². The summed E-state index contributed by atoms with van der Waals surface area (Å²) in [7, 11) is 0. The maximum atomic E-state index is 9.18. The Labute approximate surface area is 87.6 Å². The molecule has 0 saturated heterocycles. The van der Waals surface area contributed by atoms with Crippen LogP contribution in [-0.4, -0.2) is 29.5 Å². The first-order chi connectivity index (χ1) is 6.46. The van der Waals surface area contributed by atoms with Gasteiger partial charge in [0.2, 0.25) is 0 Å². The van der Waals surface area contributed by atoms with Crippen LogP contribution in [0.5, 0.6) is 0 Å². The summed E-state index contributed by atoms with van der Waals surface area (Å²) in [5.41, 5.74) is 5.72. The molecule has 0 aromatic heterocycles. The Morgan fingerprint density at radius 1 is 1.36 bits per heavy atom. The van der Waals surface area contributed by atoms with Gasteiger partial charge in [-0.25, -0.2) is 0 Å². The van der Waals surface area contributed by atoms with E-state index >= 15 is 0 Å². The molecule has 86 valence electrons. The minimum atomic E-state index is -0.232. The molecule has 3 N–H and O–H groups in total. The van der Waals surface area contributed by atoms with Crippen LogP contribution in [0.1, 0.15) is 47.0 Å². The third kappa shape index (κ3) is 4.94. The molecule has 0 aromatic rings. The normalized spacial score (nSPS) is 16.7. The summed E-state index contributed by atoms with van der Waals surface area (Å²) < 4.78 is 5.78. The van der Waals surface area contributed by atoms with Gasteiger partial charge in [-0.3, -0.25) is 0 Å². The Hall–Kier alpha value is -0.120. The number of ether oxygens (including phenoxy) is 1. The third-order valence-electron chi connectivity index (χ3n) is 2.60. The molecule has 0 heterocycles. The van der Waals surface area contributed by atoms with E-state index in [4.69, 9.17) is 10.5 Å². The van der Waals surface area contributed by atoms with Gasteiger partial charge < -0.3 is 15.6 Å². The number of aliphatic hydroxyl groups excluding tert-OH is 1. The van der Waals surface area contributed by atoms with Crippen LogP contribution in [0.15, 0.2) is 0 Å². The zero-order valence-corrected chi connectivity index (χ0v) is 9.92. The quantitative estimate of drug-likeness (QED) is 0.662. The molecule has 0 fully saturated rings. The van der Waals surface area contributed by atoms with Crippen molar-refractivity contribution in [3.63, 3.8) is 0 Å². The van der Waals surface area contributed by atoms with Crippen LogP contribution in [0, 0.1) is 0 Å².